The van der Waals surface area contributed by atoms with E-state index in [0.717, 1.165) is 25.0 Å². The van der Waals surface area contributed by atoms with Crippen LogP contribution in [0.1, 0.15) is 24.8 Å². The molecule has 2 rings (SSSR count). The molecule has 4 heteroatoms. The molecule has 20 heavy (non-hydrogen) atoms. The number of benzene rings is 1. The maximum atomic E-state index is 12.0. The predicted octanol–water partition coefficient (Wildman–Crippen LogP) is 1.87. The molecule has 1 aromatic rings. The first-order valence-electron chi connectivity index (χ1n) is 7.38. The molecule has 1 aromatic carbocycles. The van der Waals surface area contributed by atoms with Gasteiger partial charge < -0.3 is 15.8 Å². The molecule has 0 saturated heterocycles. The highest BCUT2D eigenvalue weighted by atomic mass is 16.5. The third kappa shape index (κ3) is 3.97. The zero-order valence-corrected chi connectivity index (χ0v) is 12.1. The molecule has 0 aliphatic heterocycles. The second-order valence-corrected chi connectivity index (χ2v) is 5.49. The largest absolute Gasteiger partial charge is 0.492 e. The molecule has 1 saturated carbocycles. The number of ether oxygens (including phenoxy) is 1. The Labute approximate surface area is 120 Å². The average molecular weight is 276 g/mol. The Kier molecular flexibility index (Phi) is 5.41. The summed E-state index contributed by atoms with van der Waals surface area (Å²) in [5.74, 6) is 1.42. The maximum absolute atomic E-state index is 12.0. The van der Waals surface area contributed by atoms with E-state index in [0.29, 0.717) is 25.6 Å². The Balaban J connectivity index is 1.68. The number of rotatable bonds is 6. The van der Waals surface area contributed by atoms with Gasteiger partial charge in [-0.2, -0.15) is 0 Å². The van der Waals surface area contributed by atoms with Crippen LogP contribution in [0.3, 0.4) is 0 Å². The van der Waals surface area contributed by atoms with Crippen molar-refractivity contribution in [1.82, 2.24) is 5.32 Å². The van der Waals surface area contributed by atoms with E-state index < -0.39 is 0 Å². The number of hydrogen-bond donors (Lipinski definition) is 2. The Hall–Kier alpha value is -1.55. The third-order valence-electron chi connectivity index (χ3n) is 3.99. The van der Waals surface area contributed by atoms with Crippen molar-refractivity contribution >= 4 is 5.91 Å². The Morgan fingerprint density at radius 1 is 1.35 bits per heavy atom. The van der Waals surface area contributed by atoms with E-state index in [1.807, 2.05) is 31.2 Å². The summed E-state index contributed by atoms with van der Waals surface area (Å²) in [5, 5.41) is 2.95. The fourth-order valence-corrected chi connectivity index (χ4v) is 2.77. The van der Waals surface area contributed by atoms with Crippen LogP contribution in [0.2, 0.25) is 0 Å². The summed E-state index contributed by atoms with van der Waals surface area (Å²) in [6.45, 7) is 3.69. The molecule has 1 fully saturated rings. The van der Waals surface area contributed by atoms with Crippen LogP contribution < -0.4 is 15.8 Å². The second-order valence-electron chi connectivity index (χ2n) is 5.49. The summed E-state index contributed by atoms with van der Waals surface area (Å²) in [7, 11) is 0. The minimum absolute atomic E-state index is 0.0966. The van der Waals surface area contributed by atoms with Crippen LogP contribution >= 0.6 is 0 Å². The van der Waals surface area contributed by atoms with Gasteiger partial charge in [-0.1, -0.05) is 24.1 Å². The minimum atomic E-state index is 0.0966. The topological polar surface area (TPSA) is 64.3 Å². The molecule has 0 aromatic heterocycles. The monoisotopic (exact) mass is 276 g/mol. The number of amides is 1. The summed E-state index contributed by atoms with van der Waals surface area (Å²) in [4.78, 5) is 12.0. The molecule has 3 N–H and O–H groups in total. The van der Waals surface area contributed by atoms with E-state index >= 15 is 0 Å². The van der Waals surface area contributed by atoms with Crippen molar-refractivity contribution in [2.24, 2.45) is 17.6 Å². The normalized spacial score (nSPS) is 21.7. The number of hydrogen-bond acceptors (Lipinski definition) is 3. The van der Waals surface area contributed by atoms with Crippen LogP contribution in [-0.2, 0) is 4.79 Å². The highest BCUT2D eigenvalue weighted by Gasteiger charge is 2.31. The molecular weight excluding hydrogens is 252 g/mol. The van der Waals surface area contributed by atoms with E-state index in [-0.39, 0.29) is 11.8 Å². The lowest BCUT2D eigenvalue weighted by Gasteiger charge is -2.17. The molecule has 1 amide bonds. The lowest BCUT2D eigenvalue weighted by atomic mass is 9.95. The molecule has 2 atom stereocenters. The molecule has 1 aliphatic rings. The molecule has 0 unspecified atom stereocenters. The first kappa shape index (κ1) is 14.9. The van der Waals surface area contributed by atoms with Gasteiger partial charge in [0, 0.05) is 5.92 Å². The second kappa shape index (κ2) is 7.29. The number of carbonyl (C=O) groups excluding carboxylic acids is 1. The van der Waals surface area contributed by atoms with Gasteiger partial charge in [-0.3, -0.25) is 4.79 Å². The van der Waals surface area contributed by atoms with Crippen LogP contribution in [0, 0.1) is 18.8 Å². The Morgan fingerprint density at radius 2 is 2.10 bits per heavy atom. The third-order valence-corrected chi connectivity index (χ3v) is 3.99. The van der Waals surface area contributed by atoms with Gasteiger partial charge in [0.25, 0.3) is 0 Å². The first-order chi connectivity index (χ1) is 9.70. The summed E-state index contributed by atoms with van der Waals surface area (Å²) >= 11 is 0. The quantitative estimate of drug-likeness (QED) is 0.780. The van der Waals surface area contributed by atoms with Gasteiger partial charge in [-0.05, 0) is 44.4 Å². The van der Waals surface area contributed by atoms with Crippen LogP contribution in [-0.4, -0.2) is 25.6 Å². The zero-order chi connectivity index (χ0) is 14.4. The van der Waals surface area contributed by atoms with E-state index in [1.165, 1.54) is 5.56 Å². The van der Waals surface area contributed by atoms with Crippen molar-refractivity contribution < 1.29 is 9.53 Å². The minimum Gasteiger partial charge on any atom is -0.492 e. The lowest BCUT2D eigenvalue weighted by Crippen LogP contribution is -2.37. The van der Waals surface area contributed by atoms with Gasteiger partial charge in [-0.15, -0.1) is 0 Å². The Bertz CT molecular complexity index is 431. The molecule has 1 aliphatic carbocycles. The molecule has 0 radical (unpaired) electrons. The molecule has 110 valence electrons. The highest BCUT2D eigenvalue weighted by molar-refractivity contribution is 5.79. The van der Waals surface area contributed by atoms with Gasteiger partial charge in [0.05, 0.1) is 6.54 Å². The number of nitrogens with two attached hydrogens (primary N) is 1. The zero-order valence-electron chi connectivity index (χ0n) is 12.1. The smallest absolute Gasteiger partial charge is 0.223 e. The molecule has 0 spiro atoms. The molecule has 0 heterocycles. The van der Waals surface area contributed by atoms with Crippen molar-refractivity contribution in [3.63, 3.8) is 0 Å². The van der Waals surface area contributed by atoms with Crippen molar-refractivity contribution in [1.29, 1.82) is 0 Å². The van der Waals surface area contributed by atoms with Gasteiger partial charge in [0.15, 0.2) is 0 Å². The average Bonchev–Trinajstić information content (AvgIpc) is 2.94. The highest BCUT2D eigenvalue weighted by Crippen LogP contribution is 2.30. The van der Waals surface area contributed by atoms with Gasteiger partial charge in [-0.25, -0.2) is 0 Å². The van der Waals surface area contributed by atoms with Crippen LogP contribution in [0.5, 0.6) is 5.75 Å². The molecule has 0 bridgehead atoms. The lowest BCUT2D eigenvalue weighted by molar-refractivity contribution is -0.126. The van der Waals surface area contributed by atoms with E-state index in [9.17, 15) is 4.79 Å². The Morgan fingerprint density at radius 3 is 2.80 bits per heavy atom. The summed E-state index contributed by atoms with van der Waals surface area (Å²) < 4.78 is 5.59. The van der Waals surface area contributed by atoms with Crippen LogP contribution in [0.25, 0.3) is 0 Å². The summed E-state index contributed by atoms with van der Waals surface area (Å²) in [6.07, 6.45) is 3.15. The fourth-order valence-electron chi connectivity index (χ4n) is 2.77. The van der Waals surface area contributed by atoms with Crippen molar-refractivity contribution in [2.45, 2.75) is 26.2 Å². The number of aryl methyl sites for hydroxylation is 1. The van der Waals surface area contributed by atoms with E-state index in [4.69, 9.17) is 10.5 Å². The van der Waals surface area contributed by atoms with Crippen LogP contribution in [0.15, 0.2) is 24.3 Å². The number of nitrogens with one attached hydrogen (secondary N) is 1. The van der Waals surface area contributed by atoms with Crippen LogP contribution in [0.4, 0.5) is 0 Å². The van der Waals surface area contributed by atoms with Gasteiger partial charge in [0.1, 0.15) is 12.4 Å². The first-order valence-corrected chi connectivity index (χ1v) is 7.38. The van der Waals surface area contributed by atoms with Crippen molar-refractivity contribution in [2.75, 3.05) is 19.7 Å². The summed E-state index contributed by atoms with van der Waals surface area (Å²) in [6, 6.07) is 7.91. The standard InChI is InChI=1S/C16H24N2O2/c1-12-5-7-14(8-6-12)20-10-9-18-16(19)15-4-2-3-13(15)11-17/h5-8,13,15H,2-4,9-11,17H2,1H3,(H,18,19)/t13-,15-/m1/s1. The molecule has 4 nitrogen and oxygen atoms in total. The molecular formula is C16H24N2O2. The SMILES string of the molecule is Cc1ccc(OCCNC(=O)[C@@H]2CCC[C@@H]2CN)cc1. The fraction of sp³-hybridized carbons (Fsp3) is 0.562. The summed E-state index contributed by atoms with van der Waals surface area (Å²) in [5.41, 5.74) is 6.91. The van der Waals surface area contributed by atoms with Gasteiger partial charge in [0.2, 0.25) is 5.91 Å². The van der Waals surface area contributed by atoms with Crippen molar-refractivity contribution in [3.8, 4) is 5.75 Å². The van der Waals surface area contributed by atoms with E-state index in [2.05, 4.69) is 5.32 Å². The van der Waals surface area contributed by atoms with Crippen molar-refractivity contribution in [3.05, 3.63) is 29.8 Å². The van der Waals surface area contributed by atoms with E-state index in [1.54, 1.807) is 0 Å². The maximum Gasteiger partial charge on any atom is 0.223 e. The van der Waals surface area contributed by atoms with Gasteiger partial charge >= 0.3 is 0 Å². The number of carbonyl (C=O) groups is 1. The predicted molar refractivity (Wildman–Crippen MR) is 79.6 cm³/mol.